The molecule has 1 heterocycles. The van der Waals surface area contributed by atoms with Gasteiger partial charge in [0.05, 0.1) is 0 Å². The molecule has 0 spiro atoms. The number of fused-ring (bicyclic) bond motifs is 1. The molecule has 0 fully saturated rings. The van der Waals surface area contributed by atoms with E-state index in [-0.39, 0.29) is 5.82 Å². The van der Waals surface area contributed by atoms with E-state index < -0.39 is 0 Å². The zero-order chi connectivity index (χ0) is 9.26. The summed E-state index contributed by atoms with van der Waals surface area (Å²) < 4.78 is 18.4. The molecule has 0 aliphatic carbocycles. The van der Waals surface area contributed by atoms with Crippen molar-refractivity contribution < 1.29 is 8.81 Å². The molecular formula is C10H8ClFO. The first-order chi connectivity index (χ1) is 6.31. The van der Waals surface area contributed by atoms with Gasteiger partial charge in [0.15, 0.2) is 11.4 Å². The maximum Gasteiger partial charge on any atom is 0.169 e. The lowest BCUT2D eigenvalue weighted by molar-refractivity contribution is 0.525. The van der Waals surface area contributed by atoms with Crippen molar-refractivity contribution in [1.29, 1.82) is 0 Å². The molecule has 0 bridgehead atoms. The Hall–Kier alpha value is -1.02. The topological polar surface area (TPSA) is 13.1 Å². The van der Waals surface area contributed by atoms with Crippen molar-refractivity contribution in [2.75, 3.05) is 5.88 Å². The Bertz CT molecular complexity index is 422. The summed E-state index contributed by atoms with van der Waals surface area (Å²) in [4.78, 5) is 0. The van der Waals surface area contributed by atoms with Gasteiger partial charge in [0.25, 0.3) is 0 Å². The van der Waals surface area contributed by atoms with Crippen LogP contribution in [0.1, 0.15) is 5.76 Å². The van der Waals surface area contributed by atoms with E-state index in [1.165, 1.54) is 6.07 Å². The molecule has 0 amide bonds. The van der Waals surface area contributed by atoms with Gasteiger partial charge in [-0.15, -0.1) is 11.6 Å². The second-order valence-electron chi connectivity index (χ2n) is 2.81. The first-order valence-corrected chi connectivity index (χ1v) is 4.57. The van der Waals surface area contributed by atoms with E-state index in [0.717, 1.165) is 11.1 Å². The Morgan fingerprint density at radius 1 is 1.38 bits per heavy atom. The second-order valence-corrected chi connectivity index (χ2v) is 3.19. The quantitative estimate of drug-likeness (QED) is 0.675. The van der Waals surface area contributed by atoms with E-state index >= 15 is 0 Å². The zero-order valence-corrected chi connectivity index (χ0v) is 7.64. The van der Waals surface area contributed by atoms with Gasteiger partial charge in [-0.25, -0.2) is 4.39 Å². The summed E-state index contributed by atoms with van der Waals surface area (Å²) in [6.07, 6.45) is 0.635. The molecular weight excluding hydrogens is 191 g/mol. The number of furan rings is 1. The van der Waals surface area contributed by atoms with Crippen molar-refractivity contribution in [1.82, 2.24) is 0 Å². The molecule has 0 aliphatic heterocycles. The van der Waals surface area contributed by atoms with Crippen molar-refractivity contribution in [2.24, 2.45) is 0 Å². The summed E-state index contributed by atoms with van der Waals surface area (Å²) in [6.45, 7) is 0. The van der Waals surface area contributed by atoms with Crippen LogP contribution in [0.4, 0.5) is 4.39 Å². The summed E-state index contributed by atoms with van der Waals surface area (Å²) in [5, 5.41) is 0.792. The zero-order valence-electron chi connectivity index (χ0n) is 6.89. The van der Waals surface area contributed by atoms with Gasteiger partial charge in [-0.2, -0.15) is 0 Å². The third kappa shape index (κ3) is 1.54. The van der Waals surface area contributed by atoms with Crippen LogP contribution in [-0.2, 0) is 6.42 Å². The lowest BCUT2D eigenvalue weighted by atomic mass is 10.2. The van der Waals surface area contributed by atoms with Crippen molar-refractivity contribution >= 4 is 22.6 Å². The van der Waals surface area contributed by atoms with Crippen molar-refractivity contribution in [2.45, 2.75) is 6.42 Å². The fourth-order valence-electron chi connectivity index (χ4n) is 1.30. The van der Waals surface area contributed by atoms with E-state index in [0.29, 0.717) is 17.9 Å². The summed E-state index contributed by atoms with van der Waals surface area (Å²) in [5.41, 5.74) is 0.322. The predicted octanol–water partition coefficient (Wildman–Crippen LogP) is 3.35. The first-order valence-electron chi connectivity index (χ1n) is 4.04. The van der Waals surface area contributed by atoms with Crippen molar-refractivity contribution in [3.8, 4) is 0 Å². The Morgan fingerprint density at radius 2 is 2.23 bits per heavy atom. The largest absolute Gasteiger partial charge is 0.458 e. The van der Waals surface area contributed by atoms with Gasteiger partial charge >= 0.3 is 0 Å². The highest BCUT2D eigenvalue weighted by atomic mass is 35.5. The Labute approximate surface area is 80.1 Å². The van der Waals surface area contributed by atoms with Crippen molar-refractivity contribution in [3.05, 3.63) is 35.8 Å². The van der Waals surface area contributed by atoms with Crippen LogP contribution in [0.3, 0.4) is 0 Å². The molecule has 0 aliphatic rings. The fourth-order valence-corrected chi connectivity index (χ4v) is 1.48. The van der Waals surface area contributed by atoms with Gasteiger partial charge < -0.3 is 4.42 Å². The minimum Gasteiger partial charge on any atom is -0.458 e. The van der Waals surface area contributed by atoms with Crippen LogP contribution >= 0.6 is 11.6 Å². The molecule has 0 saturated carbocycles. The fraction of sp³-hybridized carbons (Fsp3) is 0.200. The number of alkyl halides is 1. The highest BCUT2D eigenvalue weighted by Gasteiger charge is 2.06. The van der Waals surface area contributed by atoms with Crippen LogP contribution in [0.15, 0.2) is 28.7 Å². The van der Waals surface area contributed by atoms with Crippen LogP contribution in [0.5, 0.6) is 0 Å². The molecule has 2 rings (SSSR count). The molecule has 0 unspecified atom stereocenters. The van der Waals surface area contributed by atoms with Crippen molar-refractivity contribution in [3.63, 3.8) is 0 Å². The molecule has 0 atom stereocenters. The summed E-state index contributed by atoms with van der Waals surface area (Å²) in [6, 6.07) is 6.69. The van der Waals surface area contributed by atoms with E-state index in [1.54, 1.807) is 6.07 Å². The average molecular weight is 199 g/mol. The molecule has 1 nitrogen and oxygen atoms in total. The molecule has 0 saturated heterocycles. The summed E-state index contributed by atoms with van der Waals surface area (Å²) >= 11 is 5.55. The number of rotatable bonds is 2. The second kappa shape index (κ2) is 3.38. The Morgan fingerprint density at radius 3 is 2.92 bits per heavy atom. The molecule has 0 N–H and O–H groups in total. The minimum atomic E-state index is -0.321. The van der Waals surface area contributed by atoms with Crippen LogP contribution in [0, 0.1) is 5.82 Å². The van der Waals surface area contributed by atoms with Crippen LogP contribution < -0.4 is 0 Å². The lowest BCUT2D eigenvalue weighted by Crippen LogP contribution is -1.79. The van der Waals surface area contributed by atoms with Gasteiger partial charge in [0.2, 0.25) is 0 Å². The Kier molecular flexibility index (Phi) is 2.23. The maximum absolute atomic E-state index is 13.1. The molecule has 2 aromatic rings. The average Bonchev–Trinajstić information content (AvgIpc) is 2.49. The Balaban J connectivity index is 2.55. The molecule has 1 aromatic carbocycles. The van der Waals surface area contributed by atoms with E-state index in [9.17, 15) is 4.39 Å². The third-order valence-electron chi connectivity index (χ3n) is 1.89. The number of hydrogen-bond donors (Lipinski definition) is 0. The first kappa shape index (κ1) is 8.57. The molecule has 3 heteroatoms. The lowest BCUT2D eigenvalue weighted by Gasteiger charge is -1.89. The molecule has 0 radical (unpaired) electrons. The number of aryl methyl sites for hydroxylation is 1. The highest BCUT2D eigenvalue weighted by molar-refractivity contribution is 6.17. The molecule has 13 heavy (non-hydrogen) atoms. The number of halogens is 2. The smallest absolute Gasteiger partial charge is 0.169 e. The standard InChI is InChI=1S/C10H8ClFO/c11-5-4-8-6-7-2-1-3-9(12)10(7)13-8/h1-3,6H,4-5H2. The number of benzene rings is 1. The molecule has 68 valence electrons. The third-order valence-corrected chi connectivity index (χ3v) is 2.08. The minimum absolute atomic E-state index is 0.321. The van der Waals surface area contributed by atoms with Gasteiger partial charge in [0, 0.05) is 17.7 Å². The predicted molar refractivity (Wildman–Crippen MR) is 50.6 cm³/mol. The maximum atomic E-state index is 13.1. The summed E-state index contributed by atoms with van der Waals surface area (Å²) in [5.74, 6) is 0.898. The van der Waals surface area contributed by atoms with E-state index in [4.69, 9.17) is 16.0 Å². The van der Waals surface area contributed by atoms with Crippen LogP contribution in [0.25, 0.3) is 11.0 Å². The highest BCUT2D eigenvalue weighted by Crippen LogP contribution is 2.22. The van der Waals surface area contributed by atoms with E-state index in [1.807, 2.05) is 12.1 Å². The normalized spacial score (nSPS) is 10.9. The van der Waals surface area contributed by atoms with Crippen LogP contribution in [-0.4, -0.2) is 5.88 Å². The number of hydrogen-bond acceptors (Lipinski definition) is 1. The van der Waals surface area contributed by atoms with Gasteiger partial charge in [-0.05, 0) is 12.1 Å². The van der Waals surface area contributed by atoms with Gasteiger partial charge in [0.1, 0.15) is 5.76 Å². The van der Waals surface area contributed by atoms with Crippen LogP contribution in [0.2, 0.25) is 0 Å². The monoisotopic (exact) mass is 198 g/mol. The SMILES string of the molecule is Fc1cccc2cc(CCCl)oc12. The molecule has 1 aromatic heterocycles. The van der Waals surface area contributed by atoms with Gasteiger partial charge in [-0.3, -0.25) is 0 Å². The van der Waals surface area contributed by atoms with E-state index in [2.05, 4.69) is 0 Å². The number of para-hydroxylation sites is 1. The van der Waals surface area contributed by atoms with Gasteiger partial charge in [-0.1, -0.05) is 12.1 Å². The summed E-state index contributed by atoms with van der Waals surface area (Å²) in [7, 11) is 0.